The fraction of sp³-hybridized carbons (Fsp3) is 0.500. The summed E-state index contributed by atoms with van der Waals surface area (Å²) in [7, 11) is 0. The van der Waals surface area contributed by atoms with Crippen LogP contribution in [-0.4, -0.2) is 30.6 Å². The van der Waals surface area contributed by atoms with Gasteiger partial charge in [-0.05, 0) is 37.8 Å². The van der Waals surface area contributed by atoms with E-state index in [2.05, 4.69) is 20.3 Å². The fourth-order valence-electron chi connectivity index (χ4n) is 4.69. The van der Waals surface area contributed by atoms with Gasteiger partial charge in [0.05, 0.1) is 17.8 Å². The molecule has 2 aromatic heterocycles. The number of hydrogen-bond donors (Lipinski definition) is 3. The van der Waals surface area contributed by atoms with Gasteiger partial charge in [0.25, 0.3) is 0 Å². The van der Waals surface area contributed by atoms with Crippen LogP contribution in [0.3, 0.4) is 0 Å². The fourth-order valence-corrected chi connectivity index (χ4v) is 4.69. The number of aliphatic carboxylic acids is 1. The third-order valence-electron chi connectivity index (χ3n) is 6.54. The highest BCUT2D eigenvalue weighted by Crippen LogP contribution is 2.37. The minimum absolute atomic E-state index is 0.0677. The molecule has 4 N–H and O–H groups in total. The first-order valence-electron chi connectivity index (χ1n) is 11.9. The smallest absolute Gasteiger partial charge is 0.306 e. The Bertz CT molecular complexity index is 1130. The normalized spacial score (nSPS) is 20.4. The van der Waals surface area contributed by atoms with Crippen molar-refractivity contribution in [2.75, 3.05) is 11.1 Å². The quantitative estimate of drug-likeness (QED) is 0.453. The van der Waals surface area contributed by atoms with E-state index >= 15 is 0 Å². The van der Waals surface area contributed by atoms with Crippen LogP contribution < -0.4 is 11.1 Å². The maximum Gasteiger partial charge on any atom is 0.306 e. The van der Waals surface area contributed by atoms with E-state index in [4.69, 9.17) is 5.73 Å². The predicted octanol–water partition coefficient (Wildman–Crippen LogP) is 5.59. The molecule has 5 rings (SSSR count). The molecule has 3 aromatic rings. The Balaban J connectivity index is 0.000000398. The van der Waals surface area contributed by atoms with Crippen LogP contribution in [0, 0.1) is 17.6 Å². The van der Waals surface area contributed by atoms with Gasteiger partial charge < -0.3 is 16.2 Å². The number of imidazole rings is 1. The van der Waals surface area contributed by atoms with Gasteiger partial charge >= 0.3 is 5.97 Å². The van der Waals surface area contributed by atoms with E-state index in [1.807, 2.05) is 0 Å². The Labute approximate surface area is 196 Å². The average Bonchev–Trinajstić information content (AvgIpc) is 3.19. The third-order valence-corrected chi connectivity index (χ3v) is 6.54. The Hall–Kier alpha value is -3.30. The predicted molar refractivity (Wildman–Crippen MR) is 126 cm³/mol. The van der Waals surface area contributed by atoms with Gasteiger partial charge in [0.1, 0.15) is 17.2 Å². The van der Waals surface area contributed by atoms with E-state index in [0.717, 1.165) is 12.1 Å². The van der Waals surface area contributed by atoms with E-state index in [9.17, 15) is 18.7 Å². The first-order chi connectivity index (χ1) is 16.4. The first kappa shape index (κ1) is 23.8. The molecular weight excluding hydrogens is 442 g/mol. The molecule has 0 atom stereocenters. The van der Waals surface area contributed by atoms with Gasteiger partial charge in [-0.25, -0.2) is 18.7 Å². The lowest BCUT2D eigenvalue weighted by Crippen LogP contribution is -2.24. The van der Waals surface area contributed by atoms with Crippen LogP contribution in [0.15, 0.2) is 24.4 Å². The lowest BCUT2D eigenvalue weighted by molar-refractivity contribution is -0.143. The second kappa shape index (κ2) is 10.8. The van der Waals surface area contributed by atoms with E-state index in [1.54, 1.807) is 4.57 Å². The molecule has 0 aliphatic heterocycles. The zero-order chi connectivity index (χ0) is 24.1. The van der Waals surface area contributed by atoms with Crippen molar-refractivity contribution in [3.63, 3.8) is 0 Å². The molecule has 182 valence electrons. The van der Waals surface area contributed by atoms with Gasteiger partial charge in [0.2, 0.25) is 11.9 Å². The van der Waals surface area contributed by atoms with Gasteiger partial charge in [-0.2, -0.15) is 4.98 Å². The molecule has 2 aliphatic carbocycles. The summed E-state index contributed by atoms with van der Waals surface area (Å²) >= 11 is 0. The number of fused-ring (bicyclic) bond motifs is 1. The van der Waals surface area contributed by atoms with Crippen molar-refractivity contribution < 1.29 is 18.7 Å². The number of nitrogen functional groups attached to an aromatic ring is 1. The molecule has 0 radical (unpaired) electrons. The van der Waals surface area contributed by atoms with Crippen LogP contribution >= 0.6 is 0 Å². The van der Waals surface area contributed by atoms with Crippen molar-refractivity contribution in [1.82, 2.24) is 19.5 Å². The molecule has 2 fully saturated rings. The standard InChI is InChI=1S/C18H18F2N6O2.C6H12/c19-10-3-6-13(12(20)7-10)23-18-24-14-8-22-17(21)25-15(14)26(18)11-4-1-9(2-5-11)16(27)28;1-2-4-6-5-3-1/h3,6-9,11H,1-2,4-5H2,(H,23,24)(H,27,28)(H2,21,22,25);1-6H2. The molecule has 10 heteroatoms. The topological polar surface area (TPSA) is 119 Å². The molecule has 2 heterocycles. The number of nitrogens with two attached hydrogens (primary N) is 1. The maximum absolute atomic E-state index is 14.1. The number of aromatic nitrogens is 4. The highest BCUT2D eigenvalue weighted by atomic mass is 19.1. The van der Waals surface area contributed by atoms with Gasteiger partial charge in [-0.3, -0.25) is 9.36 Å². The number of benzene rings is 1. The van der Waals surface area contributed by atoms with Crippen LogP contribution in [0.25, 0.3) is 11.2 Å². The molecule has 0 bridgehead atoms. The summed E-state index contributed by atoms with van der Waals surface area (Å²) in [5, 5.41) is 12.1. The number of carbonyl (C=O) groups is 1. The van der Waals surface area contributed by atoms with Crippen molar-refractivity contribution in [2.45, 2.75) is 70.3 Å². The SMILES string of the molecule is C1CCCCC1.Nc1ncc2nc(Nc3ccc(F)cc3F)n(C3CCC(C(=O)O)CC3)c2n1. The minimum Gasteiger partial charge on any atom is -0.481 e. The minimum atomic E-state index is -0.799. The molecule has 0 saturated heterocycles. The third kappa shape index (κ3) is 5.60. The van der Waals surface area contributed by atoms with Gasteiger partial charge in [0, 0.05) is 12.1 Å². The van der Waals surface area contributed by atoms with E-state index in [1.165, 1.54) is 50.8 Å². The number of carboxylic acid groups (broad SMARTS) is 1. The average molecular weight is 473 g/mol. The molecule has 0 unspecified atom stereocenters. The summed E-state index contributed by atoms with van der Waals surface area (Å²) in [5.41, 5.74) is 6.75. The second-order valence-electron chi connectivity index (χ2n) is 8.96. The summed E-state index contributed by atoms with van der Waals surface area (Å²) in [6, 6.07) is 3.13. The number of carboxylic acids is 1. The number of nitrogens with zero attached hydrogens (tertiary/aromatic N) is 4. The number of anilines is 3. The van der Waals surface area contributed by atoms with Crippen molar-refractivity contribution in [2.24, 2.45) is 5.92 Å². The molecule has 1 aromatic carbocycles. The van der Waals surface area contributed by atoms with Crippen LogP contribution in [0.4, 0.5) is 26.4 Å². The molecule has 2 saturated carbocycles. The number of hydrogen-bond acceptors (Lipinski definition) is 6. The number of nitrogens with one attached hydrogen (secondary N) is 1. The molecule has 8 nitrogen and oxygen atoms in total. The van der Waals surface area contributed by atoms with Gasteiger partial charge in [0.15, 0.2) is 5.65 Å². The highest BCUT2D eigenvalue weighted by molar-refractivity contribution is 5.76. The zero-order valence-corrected chi connectivity index (χ0v) is 19.0. The van der Waals surface area contributed by atoms with Crippen molar-refractivity contribution in [3.05, 3.63) is 36.0 Å². The molecular formula is C24H30F2N6O2. The van der Waals surface area contributed by atoms with Crippen LogP contribution in [0.2, 0.25) is 0 Å². The number of halogens is 2. The molecule has 0 amide bonds. The largest absolute Gasteiger partial charge is 0.481 e. The lowest BCUT2D eigenvalue weighted by Gasteiger charge is -2.28. The number of rotatable bonds is 4. The summed E-state index contributed by atoms with van der Waals surface area (Å²) in [6.07, 6.45) is 12.7. The van der Waals surface area contributed by atoms with Gasteiger partial charge in [-0.15, -0.1) is 0 Å². The van der Waals surface area contributed by atoms with Crippen molar-refractivity contribution >= 4 is 34.7 Å². The Kier molecular flexibility index (Phi) is 7.54. The van der Waals surface area contributed by atoms with Crippen LogP contribution in [-0.2, 0) is 4.79 Å². The van der Waals surface area contributed by atoms with E-state index < -0.39 is 17.6 Å². The van der Waals surface area contributed by atoms with Crippen molar-refractivity contribution in [3.8, 4) is 0 Å². The first-order valence-corrected chi connectivity index (χ1v) is 11.9. The summed E-state index contributed by atoms with van der Waals surface area (Å²) in [4.78, 5) is 23.9. The Morgan fingerprint density at radius 2 is 1.68 bits per heavy atom. The lowest BCUT2D eigenvalue weighted by atomic mass is 9.86. The summed E-state index contributed by atoms with van der Waals surface area (Å²) < 4.78 is 29.1. The summed E-state index contributed by atoms with van der Waals surface area (Å²) in [5.74, 6) is -2.21. The van der Waals surface area contributed by atoms with Crippen LogP contribution in [0.1, 0.15) is 70.3 Å². The zero-order valence-electron chi connectivity index (χ0n) is 19.0. The van der Waals surface area contributed by atoms with Gasteiger partial charge in [-0.1, -0.05) is 38.5 Å². The van der Waals surface area contributed by atoms with E-state index in [-0.39, 0.29) is 23.6 Å². The highest BCUT2D eigenvalue weighted by Gasteiger charge is 2.30. The molecule has 34 heavy (non-hydrogen) atoms. The monoisotopic (exact) mass is 472 g/mol. The second-order valence-corrected chi connectivity index (χ2v) is 8.96. The van der Waals surface area contributed by atoms with Crippen molar-refractivity contribution in [1.29, 1.82) is 0 Å². The Morgan fingerprint density at radius 3 is 2.26 bits per heavy atom. The van der Waals surface area contributed by atoms with Crippen LogP contribution in [0.5, 0.6) is 0 Å². The molecule has 0 spiro atoms. The Morgan fingerprint density at radius 1 is 1.03 bits per heavy atom. The summed E-state index contributed by atoms with van der Waals surface area (Å²) in [6.45, 7) is 0. The maximum atomic E-state index is 14.1. The molecule has 2 aliphatic rings. The van der Waals surface area contributed by atoms with E-state index in [0.29, 0.717) is 42.8 Å².